The van der Waals surface area contributed by atoms with Gasteiger partial charge in [0.15, 0.2) is 0 Å². The molecule has 3 nitrogen and oxygen atoms in total. The molecule has 0 aliphatic carbocycles. The minimum atomic E-state index is 0.101. The van der Waals surface area contributed by atoms with E-state index in [-0.39, 0.29) is 5.95 Å². The fraction of sp³-hybridized carbons (Fsp3) is 0.714. The minimum absolute atomic E-state index is 0.101. The van der Waals surface area contributed by atoms with Crippen LogP contribution in [0.2, 0.25) is 0 Å². The number of nitrogens with one attached hydrogen (secondary N) is 1. The molecule has 0 aromatic rings. The first-order valence-corrected chi connectivity index (χ1v) is 3.65. The summed E-state index contributed by atoms with van der Waals surface area (Å²) in [6.45, 7) is 3.81. The summed E-state index contributed by atoms with van der Waals surface area (Å²) >= 11 is 0. The van der Waals surface area contributed by atoms with Crippen LogP contribution in [0.1, 0.15) is 19.8 Å². The second-order valence-corrected chi connectivity index (χ2v) is 2.36. The van der Waals surface area contributed by atoms with Gasteiger partial charge in [-0.2, -0.15) is 0 Å². The Morgan fingerprint density at radius 1 is 1.60 bits per heavy atom. The average Bonchev–Trinajstić information content (AvgIpc) is 2.60. The van der Waals surface area contributed by atoms with Gasteiger partial charge in [0, 0.05) is 0 Å². The van der Waals surface area contributed by atoms with E-state index in [1.807, 2.05) is 0 Å². The molecule has 0 atom stereocenters. The van der Waals surface area contributed by atoms with Gasteiger partial charge in [0.05, 0.1) is 6.54 Å². The molecule has 0 saturated carbocycles. The second kappa shape index (κ2) is 3.46. The van der Waals surface area contributed by atoms with Gasteiger partial charge in [0.1, 0.15) is 0 Å². The van der Waals surface area contributed by atoms with Crippen molar-refractivity contribution in [3.8, 4) is 0 Å². The summed E-state index contributed by atoms with van der Waals surface area (Å²) in [5, 5.41) is 11.7. The van der Waals surface area contributed by atoms with E-state index < -0.39 is 0 Å². The average molecular weight is 143 g/mol. The molecule has 0 aromatic heterocycles. The summed E-state index contributed by atoms with van der Waals surface area (Å²) in [6, 6.07) is 0. The van der Waals surface area contributed by atoms with Crippen molar-refractivity contribution >= 4 is 0 Å². The molecule has 3 heteroatoms. The zero-order valence-electron chi connectivity index (χ0n) is 6.18. The van der Waals surface area contributed by atoms with Crippen molar-refractivity contribution in [3.05, 3.63) is 11.7 Å². The van der Waals surface area contributed by atoms with E-state index in [0.717, 1.165) is 6.54 Å². The van der Waals surface area contributed by atoms with E-state index in [2.05, 4.69) is 17.0 Å². The first-order chi connectivity index (χ1) is 4.84. The minimum Gasteiger partial charge on any atom is -0.478 e. The highest BCUT2D eigenvalue weighted by Crippen LogP contribution is 2.20. The SMILES string of the molecule is CCCCNCC1=C(O)O1. The van der Waals surface area contributed by atoms with Crippen molar-refractivity contribution in [2.75, 3.05) is 13.1 Å². The first kappa shape index (κ1) is 7.41. The fourth-order valence-electron chi connectivity index (χ4n) is 0.707. The Kier molecular flexibility index (Phi) is 2.57. The Morgan fingerprint density at radius 2 is 2.30 bits per heavy atom. The lowest BCUT2D eigenvalue weighted by Gasteiger charge is -1.95. The summed E-state index contributed by atoms with van der Waals surface area (Å²) in [5.74, 6) is 0.792. The van der Waals surface area contributed by atoms with E-state index in [1.54, 1.807) is 0 Å². The predicted molar refractivity (Wildman–Crippen MR) is 38.5 cm³/mol. The topological polar surface area (TPSA) is 44.8 Å². The molecular formula is C7H13NO2. The molecule has 1 heterocycles. The molecule has 1 aliphatic rings. The molecule has 2 N–H and O–H groups in total. The number of ether oxygens (including phenoxy) is 1. The van der Waals surface area contributed by atoms with Crippen molar-refractivity contribution in [2.24, 2.45) is 0 Å². The van der Waals surface area contributed by atoms with Gasteiger partial charge in [-0.3, -0.25) is 0 Å². The highest BCUT2D eigenvalue weighted by molar-refractivity contribution is 5.11. The highest BCUT2D eigenvalue weighted by atomic mass is 16.7. The molecule has 0 amide bonds. The summed E-state index contributed by atoms with van der Waals surface area (Å²) < 4.78 is 4.62. The Balaban J connectivity index is 1.87. The molecular weight excluding hydrogens is 130 g/mol. The van der Waals surface area contributed by atoms with Gasteiger partial charge < -0.3 is 15.2 Å². The second-order valence-electron chi connectivity index (χ2n) is 2.36. The molecule has 58 valence electrons. The number of rotatable bonds is 5. The summed E-state index contributed by atoms with van der Waals surface area (Å²) in [7, 11) is 0. The third kappa shape index (κ3) is 2.27. The molecule has 0 bridgehead atoms. The van der Waals surface area contributed by atoms with Crippen molar-refractivity contribution in [3.63, 3.8) is 0 Å². The Bertz CT molecular complexity index is 143. The van der Waals surface area contributed by atoms with Gasteiger partial charge in [0.25, 0.3) is 0 Å². The van der Waals surface area contributed by atoms with Crippen LogP contribution in [-0.2, 0) is 4.74 Å². The third-order valence-corrected chi connectivity index (χ3v) is 1.41. The number of aliphatic hydroxyl groups excluding tert-OH is 1. The molecule has 0 radical (unpaired) electrons. The van der Waals surface area contributed by atoms with E-state index >= 15 is 0 Å². The van der Waals surface area contributed by atoms with Crippen LogP contribution in [0.5, 0.6) is 0 Å². The van der Waals surface area contributed by atoms with Crippen molar-refractivity contribution in [1.82, 2.24) is 5.32 Å². The van der Waals surface area contributed by atoms with Crippen LogP contribution in [0.4, 0.5) is 0 Å². The number of unbranched alkanes of at least 4 members (excludes halogenated alkanes) is 1. The van der Waals surface area contributed by atoms with Crippen LogP contribution in [0.25, 0.3) is 0 Å². The van der Waals surface area contributed by atoms with Crippen LogP contribution in [0.15, 0.2) is 11.7 Å². The van der Waals surface area contributed by atoms with E-state index in [1.165, 1.54) is 12.8 Å². The first-order valence-electron chi connectivity index (χ1n) is 3.65. The number of hydrogen-bond acceptors (Lipinski definition) is 3. The molecule has 1 rings (SSSR count). The third-order valence-electron chi connectivity index (χ3n) is 1.41. The predicted octanol–water partition coefficient (Wildman–Crippen LogP) is 1.13. The van der Waals surface area contributed by atoms with Gasteiger partial charge in [-0.1, -0.05) is 13.3 Å². The molecule has 0 unspecified atom stereocenters. The van der Waals surface area contributed by atoms with Crippen LogP contribution in [-0.4, -0.2) is 18.2 Å². The number of aliphatic hydroxyl groups is 1. The van der Waals surface area contributed by atoms with Gasteiger partial charge in [0.2, 0.25) is 5.76 Å². The Labute approximate surface area is 60.7 Å². The zero-order chi connectivity index (χ0) is 7.40. The van der Waals surface area contributed by atoms with Crippen LogP contribution < -0.4 is 5.32 Å². The Morgan fingerprint density at radius 3 is 2.80 bits per heavy atom. The van der Waals surface area contributed by atoms with Gasteiger partial charge in [-0.05, 0) is 13.0 Å². The monoisotopic (exact) mass is 143 g/mol. The smallest absolute Gasteiger partial charge is 0.324 e. The lowest BCUT2D eigenvalue weighted by Crippen LogP contribution is -2.15. The fourth-order valence-corrected chi connectivity index (χ4v) is 0.707. The molecule has 0 aromatic carbocycles. The molecule has 0 spiro atoms. The number of hydrogen-bond donors (Lipinski definition) is 2. The van der Waals surface area contributed by atoms with Crippen molar-refractivity contribution in [2.45, 2.75) is 19.8 Å². The van der Waals surface area contributed by atoms with Crippen LogP contribution in [0, 0.1) is 0 Å². The lowest BCUT2D eigenvalue weighted by atomic mass is 10.3. The molecule has 1 aliphatic heterocycles. The quantitative estimate of drug-likeness (QED) is 0.567. The normalized spacial score (nSPS) is 15.3. The summed E-state index contributed by atoms with van der Waals surface area (Å²) in [5.41, 5.74) is 0. The largest absolute Gasteiger partial charge is 0.478 e. The summed E-state index contributed by atoms with van der Waals surface area (Å²) in [6.07, 6.45) is 2.37. The highest BCUT2D eigenvalue weighted by Gasteiger charge is 2.22. The van der Waals surface area contributed by atoms with Crippen LogP contribution >= 0.6 is 0 Å². The van der Waals surface area contributed by atoms with Crippen molar-refractivity contribution in [1.29, 1.82) is 0 Å². The molecule has 10 heavy (non-hydrogen) atoms. The van der Waals surface area contributed by atoms with Gasteiger partial charge in [-0.15, -0.1) is 0 Å². The molecule has 0 fully saturated rings. The standard InChI is InChI=1S/C7H13NO2/c1-2-3-4-8-5-6-7(9)10-6/h8-9H,2-5H2,1H3. The molecule has 0 saturated heterocycles. The van der Waals surface area contributed by atoms with Crippen LogP contribution in [0.3, 0.4) is 0 Å². The maximum atomic E-state index is 8.60. The van der Waals surface area contributed by atoms with Gasteiger partial charge >= 0.3 is 5.95 Å². The van der Waals surface area contributed by atoms with E-state index in [4.69, 9.17) is 5.11 Å². The van der Waals surface area contributed by atoms with Crippen molar-refractivity contribution < 1.29 is 9.84 Å². The lowest BCUT2D eigenvalue weighted by molar-refractivity contribution is 0.274. The summed E-state index contributed by atoms with van der Waals surface area (Å²) in [4.78, 5) is 0. The van der Waals surface area contributed by atoms with E-state index in [0.29, 0.717) is 12.3 Å². The van der Waals surface area contributed by atoms with E-state index in [9.17, 15) is 0 Å². The Hall–Kier alpha value is -0.700. The maximum Gasteiger partial charge on any atom is 0.324 e. The van der Waals surface area contributed by atoms with Gasteiger partial charge in [-0.25, -0.2) is 0 Å². The maximum absolute atomic E-state index is 8.60. The zero-order valence-corrected chi connectivity index (χ0v) is 6.18.